The molecule has 10 rings (SSSR count). The molecule has 10 aromatic rings. The lowest BCUT2D eigenvalue weighted by atomic mass is 10.0. The van der Waals surface area contributed by atoms with E-state index in [9.17, 15) is 24.0 Å². The molecular formula is C108H141N5O20. The van der Waals surface area contributed by atoms with Crippen molar-refractivity contribution in [2.75, 3.05) is 172 Å². The van der Waals surface area contributed by atoms with Crippen LogP contribution in [0.1, 0.15) is 76.4 Å². The maximum Gasteiger partial charge on any atom is 0.303 e. The first-order valence-corrected chi connectivity index (χ1v) is 44.8. The summed E-state index contributed by atoms with van der Waals surface area (Å²) >= 11 is 0. The van der Waals surface area contributed by atoms with E-state index < -0.39 is 0 Å². The first-order chi connectivity index (χ1) is 64.2. The van der Waals surface area contributed by atoms with Gasteiger partial charge in [-0.2, -0.15) is 0 Å². The molecule has 10 aromatic carbocycles. The van der Waals surface area contributed by atoms with Gasteiger partial charge in [0.25, 0.3) is 12.9 Å². The van der Waals surface area contributed by atoms with Gasteiger partial charge in [0.2, 0.25) is 0 Å². The number of carbonyl (C=O) groups excluding carboxylic acids is 5. The molecule has 0 spiro atoms. The number of aryl methyl sites for hydroxylation is 10. The molecule has 0 fully saturated rings. The van der Waals surface area contributed by atoms with Crippen LogP contribution in [0.25, 0.3) is 0 Å². The standard InChI is InChI=1S/3C22H29NO4.2C21H27NO4/c3*1-17(24)27-21(15-23(2)3)16-26-22-8-6-5-7-19(22)12-9-18-10-13-20(25-4)14-11-18;2*1-22(2)14-20(26-16-23)15-25-21-7-5-4-6-18(21)11-8-17-9-12-19(24-3)13-10-17/h3*5-8,10-11,13-14,21H,9,12,15-16H2,1-4H3;2*4-7,9-10,12-13,16,20H,8,11,14-15H2,1-3H3/t2*21-;;2*20-/m10.10/s1. The predicted octanol–water partition coefficient (Wildman–Crippen LogP) is 16.0. The second kappa shape index (κ2) is 62.6. The van der Waals surface area contributed by atoms with Gasteiger partial charge in [-0.05, 0) is 281 Å². The van der Waals surface area contributed by atoms with Crippen LogP contribution in [0.4, 0.5) is 0 Å². The quantitative estimate of drug-likeness (QED) is 0.0195. The molecule has 0 radical (unpaired) electrons. The van der Waals surface area contributed by atoms with Gasteiger partial charge >= 0.3 is 17.9 Å². The second-order valence-corrected chi connectivity index (χ2v) is 33.0. The number of methoxy groups -OCH3 is 5. The fourth-order valence-electron chi connectivity index (χ4n) is 14.1. The van der Waals surface area contributed by atoms with Gasteiger partial charge in [-0.15, -0.1) is 0 Å². The van der Waals surface area contributed by atoms with Crippen LogP contribution >= 0.6 is 0 Å². The van der Waals surface area contributed by atoms with Crippen LogP contribution in [-0.4, -0.2) is 258 Å². The molecule has 0 saturated carbocycles. The first kappa shape index (κ1) is 109. The number of esters is 3. The number of rotatable bonds is 52. The topological polar surface area (TPSA) is 240 Å². The Hall–Kier alpha value is -12.7. The molecule has 718 valence electrons. The summed E-state index contributed by atoms with van der Waals surface area (Å²) in [5, 5.41) is 0. The molecule has 25 heteroatoms. The number of hydrogen-bond donors (Lipinski definition) is 0. The summed E-state index contributed by atoms with van der Waals surface area (Å²) in [6.07, 6.45) is 7.43. The molecule has 5 atom stereocenters. The van der Waals surface area contributed by atoms with E-state index in [0.29, 0.717) is 78.7 Å². The van der Waals surface area contributed by atoms with Gasteiger partial charge in [0.1, 0.15) is 121 Å². The van der Waals surface area contributed by atoms with Gasteiger partial charge in [-0.3, -0.25) is 24.0 Å². The van der Waals surface area contributed by atoms with Crippen LogP contribution in [0.5, 0.6) is 57.5 Å². The van der Waals surface area contributed by atoms with Gasteiger partial charge < -0.3 is 95.6 Å². The lowest BCUT2D eigenvalue weighted by Gasteiger charge is -2.22. The van der Waals surface area contributed by atoms with Crippen molar-refractivity contribution in [2.24, 2.45) is 0 Å². The summed E-state index contributed by atoms with van der Waals surface area (Å²) in [5.74, 6) is 7.60. The summed E-state index contributed by atoms with van der Waals surface area (Å²) < 4.78 is 82.2. The van der Waals surface area contributed by atoms with Crippen molar-refractivity contribution < 1.29 is 95.0 Å². The smallest absolute Gasteiger partial charge is 0.303 e. The van der Waals surface area contributed by atoms with Gasteiger partial charge in [0.05, 0.1) is 35.5 Å². The molecule has 0 aliphatic rings. The lowest BCUT2D eigenvalue weighted by Crippen LogP contribution is -2.34. The highest BCUT2D eigenvalue weighted by molar-refractivity contribution is 5.67. The number of nitrogens with zero attached hydrogens (tertiary/aromatic N) is 5. The Labute approximate surface area is 789 Å². The highest BCUT2D eigenvalue weighted by Gasteiger charge is 2.21. The minimum Gasteiger partial charge on any atom is -0.497 e. The molecule has 0 aromatic heterocycles. The van der Waals surface area contributed by atoms with Gasteiger partial charge in [0, 0.05) is 53.5 Å². The number of likely N-dealkylation sites (N-methyl/N-ethyl adjacent to an activating group) is 5. The summed E-state index contributed by atoms with van der Waals surface area (Å²) in [6.45, 7) is 9.97. The van der Waals surface area contributed by atoms with E-state index in [4.69, 9.17) is 71.1 Å². The monoisotopic (exact) mass is 1830 g/mol. The van der Waals surface area contributed by atoms with Crippen LogP contribution in [-0.2, 0) is 112 Å². The van der Waals surface area contributed by atoms with Crippen molar-refractivity contribution in [3.8, 4) is 57.5 Å². The van der Waals surface area contributed by atoms with E-state index in [2.05, 4.69) is 91.0 Å². The van der Waals surface area contributed by atoms with Crippen LogP contribution in [0.3, 0.4) is 0 Å². The fraction of sp³-hybridized carbons (Fsp3) is 0.398. The minimum atomic E-state index is -0.299. The van der Waals surface area contributed by atoms with Crippen LogP contribution < -0.4 is 47.4 Å². The van der Waals surface area contributed by atoms with E-state index in [1.54, 1.807) is 35.5 Å². The molecular weight excluding hydrogens is 1690 g/mol. The Morgan fingerprint density at radius 2 is 0.406 bits per heavy atom. The Bertz CT molecular complexity index is 4480. The van der Waals surface area contributed by atoms with E-state index in [1.807, 2.05) is 247 Å². The molecule has 25 nitrogen and oxygen atoms in total. The zero-order valence-electron chi connectivity index (χ0n) is 81.2. The highest BCUT2D eigenvalue weighted by atomic mass is 16.6. The van der Waals surface area contributed by atoms with E-state index >= 15 is 0 Å². The van der Waals surface area contributed by atoms with Gasteiger partial charge in [-0.25, -0.2) is 0 Å². The lowest BCUT2D eigenvalue weighted by molar-refractivity contribution is -0.149. The van der Waals surface area contributed by atoms with Crippen molar-refractivity contribution in [2.45, 2.75) is 115 Å². The molecule has 133 heavy (non-hydrogen) atoms. The average molecular weight is 1830 g/mol. The second-order valence-electron chi connectivity index (χ2n) is 33.0. The van der Waals surface area contributed by atoms with Crippen LogP contribution in [0, 0.1) is 0 Å². The SMILES string of the molecule is COc1ccc(CCc2ccccc2OCC(CN(C)C)OC(C)=O)cc1.COc1ccc(CCc2ccccc2OC[C@@H](CN(C)C)OC(C)=O)cc1.COc1ccc(CCc2ccccc2OC[C@@H](CN(C)C)OC=O)cc1.COc1ccc(CCc2ccccc2OC[C@H](CN(C)C)OC(C)=O)cc1.COc1ccc(CCc2ccccc2OC[C@H](CN(C)C)OC=O)cc1. The number of hydrogen-bond acceptors (Lipinski definition) is 25. The number of carbonyl (C=O) groups is 5. The Balaban J connectivity index is 0.000000256. The Morgan fingerprint density at radius 3 is 0.564 bits per heavy atom. The molecule has 0 N–H and O–H groups in total. The molecule has 0 aliphatic heterocycles. The summed E-state index contributed by atoms with van der Waals surface area (Å²) in [5.41, 5.74) is 11.9. The zero-order chi connectivity index (χ0) is 96.5. The Morgan fingerprint density at radius 1 is 0.241 bits per heavy atom. The summed E-state index contributed by atoms with van der Waals surface area (Å²) in [7, 11) is 27.7. The van der Waals surface area contributed by atoms with Crippen molar-refractivity contribution >= 4 is 30.9 Å². The molecule has 0 amide bonds. The van der Waals surface area contributed by atoms with Crippen LogP contribution in [0.2, 0.25) is 0 Å². The minimum absolute atomic E-state index is 0.293. The zero-order valence-corrected chi connectivity index (χ0v) is 81.2. The predicted molar refractivity (Wildman–Crippen MR) is 523 cm³/mol. The van der Waals surface area contributed by atoms with Gasteiger partial charge in [0.15, 0.2) is 0 Å². The fourth-order valence-corrected chi connectivity index (χ4v) is 14.1. The summed E-state index contributed by atoms with van der Waals surface area (Å²) in [6, 6.07) is 80.5. The van der Waals surface area contributed by atoms with E-state index in [0.717, 1.165) is 150 Å². The molecule has 0 aliphatic carbocycles. The highest BCUT2D eigenvalue weighted by Crippen LogP contribution is 2.29. The van der Waals surface area contributed by atoms with Gasteiger partial charge in [-0.1, -0.05) is 152 Å². The van der Waals surface area contributed by atoms with Crippen molar-refractivity contribution in [3.05, 3.63) is 298 Å². The third-order valence-electron chi connectivity index (χ3n) is 20.5. The molecule has 0 bridgehead atoms. The summed E-state index contributed by atoms with van der Waals surface area (Å²) in [4.78, 5) is 65.2. The maximum absolute atomic E-state index is 11.3. The molecule has 1 unspecified atom stereocenters. The van der Waals surface area contributed by atoms with Crippen molar-refractivity contribution in [3.63, 3.8) is 0 Å². The number of ether oxygens (including phenoxy) is 15. The Kier molecular flexibility index (Phi) is 51.4. The van der Waals surface area contributed by atoms with E-state index in [-0.39, 0.29) is 48.4 Å². The molecule has 0 heterocycles. The third-order valence-corrected chi connectivity index (χ3v) is 20.5. The number of benzene rings is 10. The average Bonchev–Trinajstić information content (AvgIpc) is 0.880. The van der Waals surface area contributed by atoms with Crippen LogP contribution in [0.15, 0.2) is 243 Å². The first-order valence-electron chi connectivity index (χ1n) is 44.8. The van der Waals surface area contributed by atoms with E-state index in [1.165, 1.54) is 48.6 Å². The normalized spacial score (nSPS) is 11.9. The maximum atomic E-state index is 11.3. The van der Waals surface area contributed by atoms with Crippen molar-refractivity contribution in [1.82, 2.24) is 24.5 Å². The largest absolute Gasteiger partial charge is 0.497 e. The molecule has 0 saturated heterocycles. The third kappa shape index (κ3) is 45.4. The van der Waals surface area contributed by atoms with Crippen molar-refractivity contribution in [1.29, 1.82) is 0 Å². The number of para-hydroxylation sites is 5.